The van der Waals surface area contributed by atoms with E-state index in [0.717, 1.165) is 15.4 Å². The Morgan fingerprint density at radius 1 is 1.00 bits per heavy atom. The first-order valence-electron chi connectivity index (χ1n) is 8.34. The largest absolute Gasteiger partial charge is 0.350 e. The number of carbonyl (C=O) groups excluding carboxylic acids is 2. The highest BCUT2D eigenvalue weighted by Gasteiger charge is 2.18. The van der Waals surface area contributed by atoms with E-state index in [1.54, 1.807) is 0 Å². The van der Waals surface area contributed by atoms with Crippen LogP contribution in [0.15, 0.2) is 53.4 Å². The van der Waals surface area contributed by atoms with Gasteiger partial charge in [-0.2, -0.15) is 0 Å². The zero-order valence-electron chi connectivity index (χ0n) is 15.5. The fourth-order valence-electron chi connectivity index (χ4n) is 2.34. The minimum absolute atomic E-state index is 0.0177. The first-order valence-corrected chi connectivity index (χ1v) is 9.78. The Labute approximate surface area is 159 Å². The molecule has 0 atom stereocenters. The maximum Gasteiger partial charge on any atom is 0.251 e. The second-order valence-electron chi connectivity index (χ2n) is 6.20. The lowest BCUT2D eigenvalue weighted by Gasteiger charge is -2.12. The lowest BCUT2D eigenvalue weighted by Crippen LogP contribution is -2.36. The summed E-state index contributed by atoms with van der Waals surface area (Å²) in [5.41, 5.74) is 2.24. The summed E-state index contributed by atoms with van der Waals surface area (Å²) in [6, 6.07) is 13.4. The number of amides is 2. The molecule has 2 aromatic rings. The van der Waals surface area contributed by atoms with Crippen LogP contribution in [-0.4, -0.2) is 45.2 Å². The van der Waals surface area contributed by atoms with E-state index < -0.39 is 15.9 Å². The fourth-order valence-corrected chi connectivity index (χ4v) is 3.28. The number of nitrogens with one attached hydrogen (secondary N) is 2. The van der Waals surface area contributed by atoms with Gasteiger partial charge in [0.15, 0.2) is 0 Å². The number of rotatable bonds is 7. The van der Waals surface area contributed by atoms with Gasteiger partial charge in [0.2, 0.25) is 15.9 Å². The van der Waals surface area contributed by atoms with Crippen LogP contribution in [0.25, 0.3) is 0 Å². The third-order valence-electron chi connectivity index (χ3n) is 4.02. The molecular weight excluding hydrogens is 366 g/mol. The van der Waals surface area contributed by atoms with E-state index in [-0.39, 0.29) is 22.9 Å². The van der Waals surface area contributed by atoms with E-state index in [0.29, 0.717) is 6.54 Å². The van der Waals surface area contributed by atoms with Crippen molar-refractivity contribution in [2.24, 2.45) is 0 Å². The minimum atomic E-state index is -3.63. The summed E-state index contributed by atoms with van der Waals surface area (Å²) in [4.78, 5) is 24.2. The van der Waals surface area contributed by atoms with E-state index >= 15 is 0 Å². The number of aryl methyl sites for hydroxylation is 1. The van der Waals surface area contributed by atoms with Gasteiger partial charge in [-0.05, 0) is 36.2 Å². The Bertz CT molecular complexity index is 939. The topological polar surface area (TPSA) is 95.6 Å². The molecular formula is C19H23N3O4S. The van der Waals surface area contributed by atoms with Crippen LogP contribution in [0, 0.1) is 6.92 Å². The molecule has 0 heterocycles. The molecule has 2 N–H and O–H groups in total. The Morgan fingerprint density at radius 3 is 2.37 bits per heavy atom. The van der Waals surface area contributed by atoms with Crippen LogP contribution >= 0.6 is 0 Å². The minimum Gasteiger partial charge on any atom is -0.350 e. The standard InChI is InChI=1S/C19H23N3O4S/c1-14-7-4-5-8-16(14)12-20-18(23)13-21-19(24)15-9-6-10-17(11-15)27(25,26)22(2)3/h4-11H,12-13H2,1-3H3,(H,20,23)(H,21,24). The Morgan fingerprint density at radius 2 is 1.70 bits per heavy atom. The second-order valence-corrected chi connectivity index (χ2v) is 8.35. The summed E-state index contributed by atoms with van der Waals surface area (Å²) in [6.45, 7) is 2.13. The molecule has 0 aliphatic carbocycles. The molecule has 0 aromatic heterocycles. The molecule has 144 valence electrons. The summed E-state index contributed by atoms with van der Waals surface area (Å²) in [6.07, 6.45) is 0. The maximum atomic E-state index is 12.2. The molecule has 0 bridgehead atoms. The average Bonchev–Trinajstić information content (AvgIpc) is 2.65. The van der Waals surface area contributed by atoms with E-state index in [4.69, 9.17) is 0 Å². The van der Waals surface area contributed by atoms with Crippen molar-refractivity contribution in [3.63, 3.8) is 0 Å². The first kappa shape index (κ1) is 20.6. The van der Waals surface area contributed by atoms with Crippen molar-refractivity contribution in [1.82, 2.24) is 14.9 Å². The van der Waals surface area contributed by atoms with Gasteiger partial charge < -0.3 is 10.6 Å². The van der Waals surface area contributed by atoms with Gasteiger partial charge >= 0.3 is 0 Å². The monoisotopic (exact) mass is 389 g/mol. The molecule has 2 aromatic carbocycles. The van der Waals surface area contributed by atoms with Gasteiger partial charge in [0.05, 0.1) is 11.4 Å². The highest BCUT2D eigenvalue weighted by molar-refractivity contribution is 7.89. The quantitative estimate of drug-likeness (QED) is 0.746. The number of sulfonamides is 1. The number of carbonyl (C=O) groups is 2. The van der Waals surface area contributed by atoms with Crippen molar-refractivity contribution in [3.8, 4) is 0 Å². The molecule has 2 amide bonds. The highest BCUT2D eigenvalue weighted by Crippen LogP contribution is 2.14. The number of hydrogen-bond acceptors (Lipinski definition) is 4. The van der Waals surface area contributed by atoms with Gasteiger partial charge in [-0.3, -0.25) is 9.59 Å². The molecule has 0 saturated heterocycles. The van der Waals surface area contributed by atoms with Crippen LogP contribution in [-0.2, 0) is 21.4 Å². The summed E-state index contributed by atoms with van der Waals surface area (Å²) in [5.74, 6) is -0.847. The summed E-state index contributed by atoms with van der Waals surface area (Å²) < 4.78 is 25.4. The van der Waals surface area contributed by atoms with Gasteiger partial charge in [0.1, 0.15) is 0 Å². The van der Waals surface area contributed by atoms with Crippen molar-refractivity contribution >= 4 is 21.8 Å². The molecule has 0 aliphatic rings. The third kappa shape index (κ3) is 5.38. The van der Waals surface area contributed by atoms with Gasteiger partial charge in [-0.25, -0.2) is 12.7 Å². The van der Waals surface area contributed by atoms with Crippen LogP contribution in [0.3, 0.4) is 0 Å². The second kappa shape index (κ2) is 8.79. The molecule has 0 fully saturated rings. The molecule has 7 nitrogen and oxygen atoms in total. The molecule has 8 heteroatoms. The van der Waals surface area contributed by atoms with Crippen LogP contribution in [0.5, 0.6) is 0 Å². The number of nitrogens with zero attached hydrogens (tertiary/aromatic N) is 1. The van der Waals surface area contributed by atoms with Gasteiger partial charge in [-0.15, -0.1) is 0 Å². The van der Waals surface area contributed by atoms with E-state index in [2.05, 4.69) is 10.6 Å². The van der Waals surface area contributed by atoms with Crippen LogP contribution in [0.1, 0.15) is 21.5 Å². The van der Waals surface area contributed by atoms with Crippen molar-refractivity contribution in [3.05, 3.63) is 65.2 Å². The van der Waals surface area contributed by atoms with Gasteiger partial charge in [0, 0.05) is 26.2 Å². The zero-order chi connectivity index (χ0) is 20.0. The van der Waals surface area contributed by atoms with E-state index in [1.807, 2.05) is 31.2 Å². The van der Waals surface area contributed by atoms with Crippen LogP contribution < -0.4 is 10.6 Å². The van der Waals surface area contributed by atoms with E-state index in [9.17, 15) is 18.0 Å². The molecule has 0 radical (unpaired) electrons. The molecule has 0 unspecified atom stereocenters. The van der Waals surface area contributed by atoms with Crippen molar-refractivity contribution in [2.45, 2.75) is 18.4 Å². The van der Waals surface area contributed by atoms with Crippen LogP contribution in [0.2, 0.25) is 0 Å². The summed E-state index contributed by atoms with van der Waals surface area (Å²) in [7, 11) is -0.798. The predicted octanol–water partition coefficient (Wildman–Crippen LogP) is 1.29. The molecule has 0 spiro atoms. The lowest BCUT2D eigenvalue weighted by atomic mass is 10.1. The normalized spacial score (nSPS) is 11.3. The Balaban J connectivity index is 1.94. The van der Waals surface area contributed by atoms with E-state index in [1.165, 1.54) is 38.4 Å². The van der Waals surface area contributed by atoms with Gasteiger partial charge in [-0.1, -0.05) is 30.3 Å². The fraction of sp³-hybridized carbons (Fsp3) is 0.263. The number of hydrogen-bond donors (Lipinski definition) is 2. The highest BCUT2D eigenvalue weighted by atomic mass is 32.2. The molecule has 27 heavy (non-hydrogen) atoms. The van der Waals surface area contributed by atoms with Gasteiger partial charge in [0.25, 0.3) is 5.91 Å². The van der Waals surface area contributed by atoms with Crippen molar-refractivity contribution < 1.29 is 18.0 Å². The third-order valence-corrected chi connectivity index (χ3v) is 5.83. The molecule has 0 saturated carbocycles. The summed E-state index contributed by atoms with van der Waals surface area (Å²) >= 11 is 0. The average molecular weight is 389 g/mol. The predicted molar refractivity (Wildman–Crippen MR) is 103 cm³/mol. The lowest BCUT2D eigenvalue weighted by molar-refractivity contribution is -0.120. The molecule has 2 rings (SSSR count). The Hall–Kier alpha value is -2.71. The Kier molecular flexibility index (Phi) is 6.70. The number of benzene rings is 2. The smallest absolute Gasteiger partial charge is 0.251 e. The van der Waals surface area contributed by atoms with Crippen molar-refractivity contribution in [1.29, 1.82) is 0 Å². The van der Waals surface area contributed by atoms with Crippen LogP contribution in [0.4, 0.5) is 0 Å². The first-order chi connectivity index (χ1) is 12.7. The summed E-state index contributed by atoms with van der Waals surface area (Å²) in [5, 5.41) is 5.24. The SMILES string of the molecule is Cc1ccccc1CNC(=O)CNC(=O)c1cccc(S(=O)(=O)N(C)C)c1. The molecule has 0 aliphatic heterocycles. The van der Waals surface area contributed by atoms with Crippen molar-refractivity contribution in [2.75, 3.05) is 20.6 Å². The zero-order valence-corrected chi connectivity index (χ0v) is 16.3. The maximum absolute atomic E-state index is 12.2.